The third kappa shape index (κ3) is 5.20. The summed E-state index contributed by atoms with van der Waals surface area (Å²) in [6.07, 6.45) is 3.15. The lowest BCUT2D eigenvalue weighted by Crippen LogP contribution is -2.47. The molecule has 2 rings (SSSR count). The second-order valence-corrected chi connectivity index (χ2v) is 6.31. The van der Waals surface area contributed by atoms with Crippen LogP contribution in [-0.4, -0.2) is 54.8 Å². The molecule has 0 aliphatic carbocycles. The Morgan fingerprint density at radius 1 is 1.12 bits per heavy atom. The number of nitrogens with zero attached hydrogens (tertiary/aromatic N) is 2. The standard InChI is InChI=1S/C19H27N3O2/c1-4-5-15(2)19(24)20-17-8-6-16(7-9-17)14-18(23)22-12-10-21(3)11-13-22/h5-9H,4,10-14H2,1-3H3,(H,20,24)/b15-5+. The highest BCUT2D eigenvalue weighted by molar-refractivity contribution is 6.03. The molecule has 0 atom stereocenters. The molecule has 5 nitrogen and oxygen atoms in total. The molecule has 0 bridgehead atoms. The first-order valence-electron chi connectivity index (χ1n) is 8.53. The van der Waals surface area contributed by atoms with E-state index in [9.17, 15) is 9.59 Å². The molecular weight excluding hydrogens is 302 g/mol. The van der Waals surface area contributed by atoms with E-state index < -0.39 is 0 Å². The van der Waals surface area contributed by atoms with Crippen LogP contribution in [0, 0.1) is 0 Å². The Morgan fingerprint density at radius 3 is 2.33 bits per heavy atom. The average molecular weight is 329 g/mol. The van der Waals surface area contributed by atoms with Gasteiger partial charge in [0.15, 0.2) is 0 Å². The first-order chi connectivity index (χ1) is 11.5. The molecule has 0 aromatic heterocycles. The lowest BCUT2D eigenvalue weighted by molar-refractivity contribution is -0.132. The van der Waals surface area contributed by atoms with E-state index in [2.05, 4.69) is 17.3 Å². The number of hydrogen-bond donors (Lipinski definition) is 1. The molecule has 0 spiro atoms. The van der Waals surface area contributed by atoms with Crippen molar-refractivity contribution in [2.75, 3.05) is 38.5 Å². The Balaban J connectivity index is 1.89. The zero-order valence-electron chi connectivity index (χ0n) is 14.8. The van der Waals surface area contributed by atoms with Crippen LogP contribution in [-0.2, 0) is 16.0 Å². The summed E-state index contributed by atoms with van der Waals surface area (Å²) in [7, 11) is 2.08. The molecule has 2 amide bonds. The molecular formula is C19H27N3O2. The summed E-state index contributed by atoms with van der Waals surface area (Å²) in [5.41, 5.74) is 2.43. The summed E-state index contributed by atoms with van der Waals surface area (Å²) in [6, 6.07) is 7.51. The summed E-state index contributed by atoms with van der Waals surface area (Å²) in [5.74, 6) is 0.0831. The summed E-state index contributed by atoms with van der Waals surface area (Å²) < 4.78 is 0. The molecule has 1 aliphatic rings. The summed E-state index contributed by atoms with van der Waals surface area (Å²) in [5, 5.41) is 2.87. The molecule has 1 saturated heterocycles. The molecule has 24 heavy (non-hydrogen) atoms. The third-order valence-electron chi connectivity index (χ3n) is 4.29. The van der Waals surface area contributed by atoms with Gasteiger partial charge in [-0.15, -0.1) is 0 Å². The van der Waals surface area contributed by atoms with Gasteiger partial charge in [0.1, 0.15) is 0 Å². The second-order valence-electron chi connectivity index (χ2n) is 6.31. The van der Waals surface area contributed by atoms with E-state index in [0.29, 0.717) is 12.0 Å². The topological polar surface area (TPSA) is 52.7 Å². The average Bonchev–Trinajstić information content (AvgIpc) is 2.57. The quantitative estimate of drug-likeness (QED) is 0.844. The van der Waals surface area contributed by atoms with Crippen molar-refractivity contribution in [3.8, 4) is 0 Å². The van der Waals surface area contributed by atoms with Crippen molar-refractivity contribution in [1.82, 2.24) is 9.80 Å². The lowest BCUT2D eigenvalue weighted by atomic mass is 10.1. The van der Waals surface area contributed by atoms with Crippen LogP contribution >= 0.6 is 0 Å². The number of hydrogen-bond acceptors (Lipinski definition) is 3. The molecule has 1 aromatic rings. The van der Waals surface area contributed by atoms with Crippen molar-refractivity contribution < 1.29 is 9.59 Å². The Kier molecular flexibility index (Phi) is 6.55. The number of nitrogens with one attached hydrogen (secondary N) is 1. The zero-order valence-corrected chi connectivity index (χ0v) is 14.8. The van der Waals surface area contributed by atoms with Crippen LogP contribution in [0.3, 0.4) is 0 Å². The lowest BCUT2D eigenvalue weighted by Gasteiger charge is -2.32. The zero-order chi connectivity index (χ0) is 17.5. The van der Waals surface area contributed by atoms with Crippen molar-refractivity contribution in [1.29, 1.82) is 0 Å². The molecule has 5 heteroatoms. The van der Waals surface area contributed by atoms with Crippen molar-refractivity contribution in [2.24, 2.45) is 0 Å². The van der Waals surface area contributed by atoms with Gasteiger partial charge in [0, 0.05) is 37.4 Å². The van der Waals surface area contributed by atoms with Gasteiger partial charge in [-0.3, -0.25) is 9.59 Å². The van der Waals surface area contributed by atoms with E-state index in [0.717, 1.165) is 43.9 Å². The predicted octanol–water partition coefficient (Wildman–Crippen LogP) is 2.30. The second kappa shape index (κ2) is 8.64. The molecule has 1 N–H and O–H groups in total. The van der Waals surface area contributed by atoms with Gasteiger partial charge >= 0.3 is 0 Å². The van der Waals surface area contributed by atoms with Gasteiger partial charge in [0.2, 0.25) is 5.91 Å². The monoisotopic (exact) mass is 329 g/mol. The normalized spacial score (nSPS) is 16.1. The van der Waals surface area contributed by atoms with Gasteiger partial charge in [-0.2, -0.15) is 0 Å². The molecule has 1 aliphatic heterocycles. The molecule has 1 aromatic carbocycles. The van der Waals surface area contributed by atoms with Gasteiger partial charge < -0.3 is 15.1 Å². The molecule has 130 valence electrons. The third-order valence-corrected chi connectivity index (χ3v) is 4.29. The van der Waals surface area contributed by atoms with Crippen molar-refractivity contribution >= 4 is 17.5 Å². The van der Waals surface area contributed by atoms with E-state index in [1.54, 1.807) is 0 Å². The fourth-order valence-electron chi connectivity index (χ4n) is 2.68. The van der Waals surface area contributed by atoms with Gasteiger partial charge in [-0.1, -0.05) is 25.1 Å². The maximum absolute atomic E-state index is 12.3. The van der Waals surface area contributed by atoms with Gasteiger partial charge in [-0.05, 0) is 38.1 Å². The Morgan fingerprint density at radius 2 is 1.75 bits per heavy atom. The number of rotatable bonds is 5. The highest BCUT2D eigenvalue weighted by Gasteiger charge is 2.18. The number of amides is 2. The highest BCUT2D eigenvalue weighted by Crippen LogP contribution is 2.13. The van der Waals surface area contributed by atoms with Gasteiger partial charge in [0.05, 0.1) is 6.42 Å². The Labute approximate surface area is 144 Å². The fraction of sp³-hybridized carbons (Fsp3) is 0.474. The molecule has 0 unspecified atom stereocenters. The number of benzene rings is 1. The van der Waals surface area contributed by atoms with Gasteiger partial charge in [-0.25, -0.2) is 0 Å². The number of anilines is 1. The van der Waals surface area contributed by atoms with Crippen LogP contribution in [0.5, 0.6) is 0 Å². The number of piperazine rings is 1. The van der Waals surface area contributed by atoms with E-state index >= 15 is 0 Å². The fourth-order valence-corrected chi connectivity index (χ4v) is 2.68. The SMILES string of the molecule is CC/C=C(\C)C(=O)Nc1ccc(CC(=O)N2CCN(C)CC2)cc1. The summed E-state index contributed by atoms with van der Waals surface area (Å²) in [6.45, 7) is 7.27. The number of carbonyl (C=O) groups is 2. The van der Waals surface area contributed by atoms with Crippen molar-refractivity contribution in [3.63, 3.8) is 0 Å². The van der Waals surface area contributed by atoms with Crippen LogP contribution in [0.4, 0.5) is 5.69 Å². The van der Waals surface area contributed by atoms with Crippen LogP contribution in [0.2, 0.25) is 0 Å². The number of likely N-dealkylation sites (N-methyl/N-ethyl adjacent to an activating group) is 1. The van der Waals surface area contributed by atoms with E-state index in [-0.39, 0.29) is 11.8 Å². The first kappa shape index (κ1) is 18.2. The number of carbonyl (C=O) groups excluding carboxylic acids is 2. The minimum absolute atomic E-state index is 0.0851. The molecule has 1 heterocycles. The van der Waals surface area contributed by atoms with Gasteiger partial charge in [0.25, 0.3) is 5.91 Å². The van der Waals surface area contributed by atoms with E-state index in [4.69, 9.17) is 0 Å². The van der Waals surface area contributed by atoms with Crippen LogP contribution in [0.25, 0.3) is 0 Å². The van der Waals surface area contributed by atoms with Crippen molar-refractivity contribution in [3.05, 3.63) is 41.5 Å². The Bertz CT molecular complexity index is 600. The van der Waals surface area contributed by atoms with Crippen LogP contribution in [0.1, 0.15) is 25.8 Å². The predicted molar refractivity (Wildman–Crippen MR) is 96.9 cm³/mol. The smallest absolute Gasteiger partial charge is 0.250 e. The Hall–Kier alpha value is -2.14. The van der Waals surface area contributed by atoms with E-state index in [1.165, 1.54) is 0 Å². The molecule has 1 fully saturated rings. The molecule has 0 saturated carbocycles. The largest absolute Gasteiger partial charge is 0.340 e. The minimum Gasteiger partial charge on any atom is -0.340 e. The highest BCUT2D eigenvalue weighted by atomic mass is 16.2. The maximum atomic E-state index is 12.3. The summed E-state index contributed by atoms with van der Waals surface area (Å²) in [4.78, 5) is 28.4. The minimum atomic E-state index is -0.0851. The van der Waals surface area contributed by atoms with E-state index in [1.807, 2.05) is 49.1 Å². The number of allylic oxidation sites excluding steroid dienone is 1. The molecule has 0 radical (unpaired) electrons. The van der Waals surface area contributed by atoms with Crippen LogP contribution in [0.15, 0.2) is 35.9 Å². The maximum Gasteiger partial charge on any atom is 0.250 e. The first-order valence-corrected chi connectivity index (χ1v) is 8.53. The summed E-state index contributed by atoms with van der Waals surface area (Å²) >= 11 is 0. The van der Waals surface area contributed by atoms with Crippen molar-refractivity contribution in [2.45, 2.75) is 26.7 Å². The van der Waals surface area contributed by atoms with Crippen LogP contribution < -0.4 is 5.32 Å².